The molecule has 1 aromatic heterocycles. The number of carbonyl (C=O) groups excluding carboxylic acids is 1. The number of pyridine rings is 1. The van der Waals surface area contributed by atoms with Crippen molar-refractivity contribution >= 4 is 52.0 Å². The summed E-state index contributed by atoms with van der Waals surface area (Å²) in [6.07, 6.45) is -9.08. The van der Waals surface area contributed by atoms with Crippen molar-refractivity contribution in [3.05, 3.63) is 57.3 Å². The second-order valence-electron chi connectivity index (χ2n) is 8.27. The molecule has 0 bridgehead atoms. The quantitative estimate of drug-likeness (QED) is 0.405. The molecule has 2 aromatic rings. The van der Waals surface area contributed by atoms with E-state index in [1.54, 1.807) is 0 Å². The second-order valence-corrected chi connectivity index (χ2v) is 9.47. The molecule has 3 heterocycles. The average Bonchev–Trinajstić information content (AvgIpc) is 3.42. The number of alkyl halides is 6. The molecule has 1 amide bonds. The maximum Gasteiger partial charge on any atom is 0.417 e. The Morgan fingerprint density at radius 1 is 1.22 bits per heavy atom. The number of nitrogens with one attached hydrogen (secondary N) is 2. The van der Waals surface area contributed by atoms with E-state index >= 15 is 0 Å². The van der Waals surface area contributed by atoms with E-state index < -0.39 is 63.9 Å². The SMILES string of the molecule is O=C1NOCC1NC(=S)c1ccc(N2CCC(c3cc(Cl)c(Cl)c(C(F)(F)F)c3)(C(F)(F)F)C2)cn1. The van der Waals surface area contributed by atoms with Gasteiger partial charge in [-0.05, 0) is 36.2 Å². The number of thiocarbonyl (C=S) groups is 1. The van der Waals surface area contributed by atoms with E-state index in [-0.39, 0.29) is 23.8 Å². The number of aromatic nitrogens is 1. The van der Waals surface area contributed by atoms with Crippen LogP contribution < -0.4 is 15.7 Å². The Balaban J connectivity index is 1.60. The highest BCUT2D eigenvalue weighted by Crippen LogP contribution is 2.51. The van der Waals surface area contributed by atoms with Crippen molar-refractivity contribution in [2.45, 2.75) is 30.2 Å². The highest BCUT2D eigenvalue weighted by molar-refractivity contribution is 7.80. The first kappa shape index (κ1) is 26.7. The highest BCUT2D eigenvalue weighted by Gasteiger charge is 2.59. The van der Waals surface area contributed by atoms with Crippen molar-refractivity contribution in [2.75, 3.05) is 24.6 Å². The molecule has 15 heteroatoms. The van der Waals surface area contributed by atoms with E-state index in [2.05, 4.69) is 15.8 Å². The van der Waals surface area contributed by atoms with Crippen molar-refractivity contribution in [2.24, 2.45) is 0 Å². The van der Waals surface area contributed by atoms with Gasteiger partial charge in [0.25, 0.3) is 5.91 Å². The fourth-order valence-electron chi connectivity index (χ4n) is 4.12. The average molecular weight is 573 g/mol. The summed E-state index contributed by atoms with van der Waals surface area (Å²) in [6, 6.07) is 3.50. The maximum absolute atomic E-state index is 14.4. The lowest BCUT2D eigenvalue weighted by atomic mass is 9.78. The largest absolute Gasteiger partial charge is 0.417 e. The minimum absolute atomic E-state index is 0.0507. The standard InChI is InChI=1S/C21H16Cl2F6N4O2S/c22-13-6-10(5-12(16(13)23)20(24,25)26)19(21(27,28)29)3-4-33(9-19)11-1-2-14(30-7-11)18(36)31-15-8-35-32-17(15)34/h1-2,5-7,15H,3-4,8-9H2,(H,31,36)(H,32,34). The van der Waals surface area contributed by atoms with Crippen molar-refractivity contribution in [1.82, 2.24) is 15.8 Å². The Morgan fingerprint density at radius 2 is 1.94 bits per heavy atom. The van der Waals surface area contributed by atoms with Gasteiger partial charge >= 0.3 is 12.4 Å². The maximum atomic E-state index is 14.4. The molecular formula is C21H16Cl2F6N4O2S. The van der Waals surface area contributed by atoms with Gasteiger partial charge in [0.05, 0.1) is 33.2 Å². The molecule has 0 aliphatic carbocycles. The van der Waals surface area contributed by atoms with Crippen LogP contribution in [0.15, 0.2) is 30.5 Å². The molecular weight excluding hydrogens is 557 g/mol. The normalized spacial score (nSPS) is 22.6. The monoisotopic (exact) mass is 572 g/mol. The second kappa shape index (κ2) is 9.51. The topological polar surface area (TPSA) is 66.5 Å². The number of benzene rings is 1. The lowest BCUT2D eigenvalue weighted by molar-refractivity contribution is -0.184. The molecule has 0 spiro atoms. The zero-order valence-electron chi connectivity index (χ0n) is 17.9. The Bertz CT molecular complexity index is 1190. The van der Waals surface area contributed by atoms with E-state index in [4.69, 9.17) is 40.3 Å². The third kappa shape index (κ3) is 4.93. The molecule has 2 atom stereocenters. The van der Waals surface area contributed by atoms with Gasteiger partial charge in [-0.3, -0.25) is 14.6 Å². The molecule has 6 nitrogen and oxygen atoms in total. The van der Waals surface area contributed by atoms with Gasteiger partial charge in [0.1, 0.15) is 23.1 Å². The minimum Gasteiger partial charge on any atom is -0.369 e. The number of amides is 1. The van der Waals surface area contributed by atoms with Crippen molar-refractivity contribution in [3.63, 3.8) is 0 Å². The molecule has 2 aliphatic rings. The minimum atomic E-state index is -4.99. The van der Waals surface area contributed by atoms with Crippen LogP contribution in [-0.4, -0.2) is 47.8 Å². The summed E-state index contributed by atoms with van der Waals surface area (Å²) in [4.78, 5) is 22.0. The molecule has 4 rings (SSSR count). The van der Waals surface area contributed by atoms with Gasteiger partial charge in [0.2, 0.25) is 0 Å². The third-order valence-corrected chi connectivity index (χ3v) is 7.22. The van der Waals surface area contributed by atoms with E-state index in [1.807, 2.05) is 0 Å². The van der Waals surface area contributed by atoms with Gasteiger partial charge in [-0.1, -0.05) is 35.4 Å². The molecule has 0 saturated carbocycles. The predicted molar refractivity (Wildman–Crippen MR) is 123 cm³/mol. The first-order valence-corrected chi connectivity index (χ1v) is 11.5. The summed E-state index contributed by atoms with van der Waals surface area (Å²) in [5.41, 5.74) is -1.92. The molecule has 2 N–H and O–H groups in total. The molecule has 2 fully saturated rings. The van der Waals surface area contributed by atoms with Crippen LogP contribution in [0.1, 0.15) is 23.2 Å². The third-order valence-electron chi connectivity index (χ3n) is 6.09. The number of hydrogen-bond donors (Lipinski definition) is 2. The smallest absolute Gasteiger partial charge is 0.369 e. The number of anilines is 1. The first-order valence-electron chi connectivity index (χ1n) is 10.3. The van der Waals surface area contributed by atoms with Gasteiger partial charge in [0.15, 0.2) is 0 Å². The van der Waals surface area contributed by atoms with Gasteiger partial charge in [-0.2, -0.15) is 26.3 Å². The Kier molecular flexibility index (Phi) is 7.05. The number of carbonyl (C=O) groups is 1. The van der Waals surface area contributed by atoms with Gasteiger partial charge in [-0.25, -0.2) is 5.48 Å². The summed E-state index contributed by atoms with van der Waals surface area (Å²) in [7, 11) is 0. The fraction of sp³-hybridized carbons (Fsp3) is 0.381. The Labute approximate surface area is 215 Å². The molecule has 0 radical (unpaired) electrons. The summed E-state index contributed by atoms with van der Waals surface area (Å²) in [5, 5.41) is 1.30. The van der Waals surface area contributed by atoms with E-state index in [1.165, 1.54) is 23.2 Å². The summed E-state index contributed by atoms with van der Waals surface area (Å²) in [6.45, 7) is -0.714. The van der Waals surface area contributed by atoms with Crippen LogP contribution >= 0.6 is 35.4 Å². The summed E-state index contributed by atoms with van der Waals surface area (Å²) >= 11 is 16.7. The lowest BCUT2D eigenvalue weighted by Crippen LogP contribution is -2.45. The molecule has 1 aromatic carbocycles. The van der Waals surface area contributed by atoms with Crippen molar-refractivity contribution < 1.29 is 36.0 Å². The van der Waals surface area contributed by atoms with Crippen LogP contribution in [0.25, 0.3) is 0 Å². The highest BCUT2D eigenvalue weighted by atomic mass is 35.5. The molecule has 2 aliphatic heterocycles. The van der Waals surface area contributed by atoms with E-state index in [9.17, 15) is 31.1 Å². The van der Waals surface area contributed by atoms with Crippen LogP contribution in [0.3, 0.4) is 0 Å². The number of hydrogen-bond acceptors (Lipinski definition) is 5. The molecule has 2 saturated heterocycles. The number of nitrogens with zero attached hydrogens (tertiary/aromatic N) is 2. The summed E-state index contributed by atoms with van der Waals surface area (Å²) < 4.78 is 83.4. The van der Waals surface area contributed by atoms with Crippen LogP contribution in [-0.2, 0) is 21.2 Å². The van der Waals surface area contributed by atoms with E-state index in [0.717, 1.165) is 6.07 Å². The molecule has 36 heavy (non-hydrogen) atoms. The molecule has 2 unspecified atom stereocenters. The van der Waals surface area contributed by atoms with E-state index in [0.29, 0.717) is 11.8 Å². The lowest BCUT2D eigenvalue weighted by Gasteiger charge is -2.33. The number of hydroxylamine groups is 1. The van der Waals surface area contributed by atoms with Gasteiger partial charge in [0, 0.05) is 13.1 Å². The molecule has 194 valence electrons. The zero-order valence-corrected chi connectivity index (χ0v) is 20.3. The van der Waals surface area contributed by atoms with Crippen LogP contribution in [0.2, 0.25) is 10.0 Å². The summed E-state index contributed by atoms with van der Waals surface area (Å²) in [5.74, 6) is -0.412. The fourth-order valence-corrected chi connectivity index (χ4v) is 4.82. The van der Waals surface area contributed by atoms with Crippen LogP contribution in [0.4, 0.5) is 32.0 Å². The van der Waals surface area contributed by atoms with Crippen LogP contribution in [0, 0.1) is 0 Å². The van der Waals surface area contributed by atoms with Gasteiger partial charge < -0.3 is 10.2 Å². The zero-order chi connectivity index (χ0) is 26.5. The Morgan fingerprint density at radius 3 is 2.50 bits per heavy atom. The van der Waals surface area contributed by atoms with Gasteiger partial charge in [-0.15, -0.1) is 0 Å². The number of rotatable bonds is 4. The van der Waals surface area contributed by atoms with Crippen LogP contribution in [0.5, 0.6) is 0 Å². The van der Waals surface area contributed by atoms with Crippen molar-refractivity contribution in [1.29, 1.82) is 0 Å². The van der Waals surface area contributed by atoms with Crippen molar-refractivity contribution in [3.8, 4) is 0 Å². The number of halogens is 8. The first-order chi connectivity index (χ1) is 16.7. The predicted octanol–water partition coefficient (Wildman–Crippen LogP) is 4.81. The Hall–Kier alpha value is -2.35.